The van der Waals surface area contributed by atoms with Gasteiger partial charge >= 0.3 is 0 Å². The molecular formula is C24H32N2O2S. The number of Topliss-reactive ketones (excluding diaryl/α,β-unsaturated/α-hetero) is 1. The monoisotopic (exact) mass is 412 g/mol. The van der Waals surface area contributed by atoms with Crippen LogP contribution in [0.2, 0.25) is 0 Å². The van der Waals surface area contributed by atoms with Crippen molar-refractivity contribution < 1.29 is 9.00 Å². The largest absolute Gasteiger partial charge is 0.292 e. The molecule has 1 heterocycles. The van der Waals surface area contributed by atoms with Crippen LogP contribution in [-0.2, 0) is 19.7 Å². The topological polar surface area (TPSA) is 52.0 Å². The Morgan fingerprint density at radius 1 is 1.10 bits per heavy atom. The maximum atomic E-state index is 14.2. The molecule has 0 amide bonds. The van der Waals surface area contributed by atoms with Gasteiger partial charge < -0.3 is 0 Å². The number of aromatic nitrogens is 2. The smallest absolute Gasteiger partial charge is 0.183 e. The standard InChI is InChI=1S/C24H32N2O2S/c1-23(2,3)18-20(26-17-11-16-25-26)21(29(4,5)28)22(27)24(14-9-10-15-24)19-12-7-6-8-13-19/h6-8,11-13,16-18H,9-10,14-15H2,1-5H3/b20-18+. The van der Waals surface area contributed by atoms with Gasteiger partial charge in [0.1, 0.15) is 0 Å². The van der Waals surface area contributed by atoms with Gasteiger partial charge in [0.15, 0.2) is 5.78 Å². The van der Waals surface area contributed by atoms with E-state index in [0.717, 1.165) is 31.2 Å². The Kier molecular flexibility index (Phi) is 5.91. The van der Waals surface area contributed by atoms with E-state index in [1.807, 2.05) is 48.7 Å². The fourth-order valence-corrected chi connectivity index (χ4v) is 5.55. The minimum Gasteiger partial charge on any atom is -0.292 e. The molecule has 156 valence electrons. The van der Waals surface area contributed by atoms with Gasteiger partial charge in [0.2, 0.25) is 0 Å². The number of rotatable bonds is 5. The highest BCUT2D eigenvalue weighted by Gasteiger charge is 2.45. The molecule has 4 nitrogen and oxygen atoms in total. The van der Waals surface area contributed by atoms with Crippen molar-refractivity contribution in [1.82, 2.24) is 9.78 Å². The van der Waals surface area contributed by atoms with Gasteiger partial charge in [0.05, 0.1) is 16.0 Å². The first kappa shape index (κ1) is 21.6. The van der Waals surface area contributed by atoms with Crippen molar-refractivity contribution in [3.8, 4) is 0 Å². The minimum atomic E-state index is -2.56. The van der Waals surface area contributed by atoms with E-state index in [1.54, 1.807) is 23.4 Å². The van der Waals surface area contributed by atoms with E-state index in [4.69, 9.17) is 0 Å². The van der Waals surface area contributed by atoms with Crippen molar-refractivity contribution in [2.75, 3.05) is 12.5 Å². The van der Waals surface area contributed by atoms with Crippen LogP contribution in [0, 0.1) is 5.41 Å². The predicted octanol–water partition coefficient (Wildman–Crippen LogP) is 4.57. The van der Waals surface area contributed by atoms with Crippen LogP contribution in [0.15, 0.2) is 54.9 Å². The second kappa shape index (κ2) is 7.94. The minimum absolute atomic E-state index is 0.0119. The molecule has 5 heteroatoms. The van der Waals surface area contributed by atoms with Crippen LogP contribution >= 0.6 is 0 Å². The molecule has 0 radical (unpaired) electrons. The molecule has 0 bridgehead atoms. The Morgan fingerprint density at radius 3 is 2.21 bits per heavy atom. The summed E-state index contributed by atoms with van der Waals surface area (Å²) in [6, 6.07) is 11.8. The molecular weight excluding hydrogens is 380 g/mol. The van der Waals surface area contributed by atoms with Crippen LogP contribution in [-0.4, -0.2) is 37.1 Å². The molecule has 1 aromatic heterocycles. The summed E-state index contributed by atoms with van der Waals surface area (Å²) >= 11 is 0. The van der Waals surface area contributed by atoms with E-state index < -0.39 is 14.9 Å². The zero-order valence-electron chi connectivity index (χ0n) is 18.1. The van der Waals surface area contributed by atoms with E-state index in [2.05, 4.69) is 25.9 Å². The third-order valence-corrected chi connectivity index (χ3v) is 6.85. The first-order chi connectivity index (χ1) is 13.5. The average molecular weight is 413 g/mol. The summed E-state index contributed by atoms with van der Waals surface area (Å²) < 4.78 is 15.2. The summed E-state index contributed by atoms with van der Waals surface area (Å²) in [5.74, 6) is -0.0119. The van der Waals surface area contributed by atoms with Gasteiger partial charge in [0.25, 0.3) is 0 Å². The number of ketones is 1. The van der Waals surface area contributed by atoms with Gasteiger partial charge in [-0.25, -0.2) is 4.68 Å². The molecule has 1 aromatic carbocycles. The Labute approximate surface area is 175 Å². The molecule has 1 aliphatic carbocycles. The maximum Gasteiger partial charge on any atom is 0.183 e. The molecule has 0 spiro atoms. The number of allylic oxidation sites excluding steroid dienone is 2. The second-order valence-electron chi connectivity index (χ2n) is 9.39. The Morgan fingerprint density at radius 2 is 1.72 bits per heavy atom. The summed E-state index contributed by atoms with van der Waals surface area (Å²) in [5, 5.41) is 4.39. The SMILES string of the molecule is CC(C)(C)/C=C(\C(C(=O)C1(c2ccccc2)CCCC1)=S(C)(C)=O)n1cccn1. The fraction of sp³-hybridized carbons (Fsp3) is 0.458. The van der Waals surface area contributed by atoms with Crippen LogP contribution in [0.5, 0.6) is 0 Å². The van der Waals surface area contributed by atoms with Crippen molar-refractivity contribution in [2.24, 2.45) is 5.41 Å². The highest BCUT2D eigenvalue weighted by Crippen LogP contribution is 2.43. The molecule has 0 N–H and O–H groups in total. The predicted molar refractivity (Wildman–Crippen MR) is 123 cm³/mol. The first-order valence-corrected chi connectivity index (χ1v) is 12.6. The quantitative estimate of drug-likeness (QED) is 0.534. The first-order valence-electron chi connectivity index (χ1n) is 10.2. The molecule has 0 unspecified atom stereocenters. The lowest BCUT2D eigenvalue weighted by atomic mass is 9.73. The maximum absolute atomic E-state index is 14.2. The van der Waals surface area contributed by atoms with Gasteiger partial charge in [-0.2, -0.15) is 5.10 Å². The van der Waals surface area contributed by atoms with Crippen molar-refractivity contribution in [2.45, 2.75) is 51.9 Å². The summed E-state index contributed by atoms with van der Waals surface area (Å²) in [6.45, 7) is 6.23. The molecule has 1 aliphatic rings. The van der Waals surface area contributed by atoms with E-state index in [-0.39, 0.29) is 11.2 Å². The zero-order chi connectivity index (χ0) is 21.3. The van der Waals surface area contributed by atoms with Crippen LogP contribution in [0.25, 0.3) is 5.70 Å². The van der Waals surface area contributed by atoms with Crippen molar-refractivity contribution >= 4 is 25.9 Å². The number of hydrogen-bond acceptors (Lipinski definition) is 3. The van der Waals surface area contributed by atoms with Gasteiger partial charge in [-0.15, -0.1) is 0 Å². The highest BCUT2D eigenvalue weighted by atomic mass is 32.2. The third-order valence-electron chi connectivity index (χ3n) is 5.47. The average Bonchev–Trinajstić information content (AvgIpc) is 3.32. The highest BCUT2D eigenvalue weighted by molar-refractivity contribution is 8.03. The van der Waals surface area contributed by atoms with Gasteiger partial charge in [0, 0.05) is 24.9 Å². The van der Waals surface area contributed by atoms with Crippen LogP contribution in [0.3, 0.4) is 0 Å². The van der Waals surface area contributed by atoms with Crippen molar-refractivity contribution in [3.63, 3.8) is 0 Å². The number of hydrogen-bond donors (Lipinski definition) is 0. The third kappa shape index (κ3) is 4.55. The van der Waals surface area contributed by atoms with Crippen molar-refractivity contribution in [1.29, 1.82) is 0 Å². The Balaban J connectivity index is 2.26. The Bertz CT molecular complexity index is 1000. The lowest BCUT2D eigenvalue weighted by Crippen LogP contribution is -2.42. The summed E-state index contributed by atoms with van der Waals surface area (Å²) in [7, 11) is -2.56. The summed E-state index contributed by atoms with van der Waals surface area (Å²) in [6.07, 6.45) is 12.5. The number of carbonyl (C=O) groups is 1. The number of carbonyl (C=O) groups excluding carboxylic acids is 1. The number of benzene rings is 1. The fourth-order valence-electron chi connectivity index (χ4n) is 4.25. The van der Waals surface area contributed by atoms with E-state index >= 15 is 0 Å². The zero-order valence-corrected chi connectivity index (χ0v) is 19.0. The lowest BCUT2D eigenvalue weighted by Gasteiger charge is -2.31. The molecule has 2 aromatic rings. The second-order valence-corrected chi connectivity index (χ2v) is 12.3. The summed E-state index contributed by atoms with van der Waals surface area (Å²) in [4.78, 5) is 14.6. The Hall–Kier alpha value is -2.14. The van der Waals surface area contributed by atoms with E-state index in [0.29, 0.717) is 10.6 Å². The number of nitrogens with zero attached hydrogens (tertiary/aromatic N) is 2. The molecule has 0 aliphatic heterocycles. The van der Waals surface area contributed by atoms with Crippen molar-refractivity contribution in [3.05, 3.63) is 60.4 Å². The van der Waals surface area contributed by atoms with Crippen LogP contribution < -0.4 is 0 Å². The molecule has 1 fully saturated rings. The summed E-state index contributed by atoms with van der Waals surface area (Å²) in [5.41, 5.74) is 0.853. The normalized spacial score (nSPS) is 17.3. The van der Waals surface area contributed by atoms with Gasteiger partial charge in [-0.3, -0.25) is 9.00 Å². The van der Waals surface area contributed by atoms with E-state index in [1.165, 1.54) is 0 Å². The van der Waals surface area contributed by atoms with E-state index in [9.17, 15) is 9.00 Å². The van der Waals surface area contributed by atoms with Crippen LogP contribution in [0.1, 0.15) is 52.0 Å². The van der Waals surface area contributed by atoms with Gasteiger partial charge in [-0.05, 0) is 39.4 Å². The molecule has 3 rings (SSSR count). The lowest BCUT2D eigenvalue weighted by molar-refractivity contribution is -0.117. The van der Waals surface area contributed by atoms with Crippen LogP contribution in [0.4, 0.5) is 0 Å². The van der Waals surface area contributed by atoms with Gasteiger partial charge in [-0.1, -0.05) is 70.0 Å². The molecule has 29 heavy (non-hydrogen) atoms. The molecule has 1 saturated carbocycles. The molecule has 0 atom stereocenters. The molecule has 0 saturated heterocycles.